The molecule has 0 aliphatic carbocycles. The normalized spacial score (nSPS) is 19.4. The number of aliphatic carboxylic acids is 1. The lowest BCUT2D eigenvalue weighted by molar-refractivity contribution is -0.141. The molecule has 1 aliphatic heterocycles. The summed E-state index contributed by atoms with van der Waals surface area (Å²) in [6, 6.07) is 0. The van der Waals surface area contributed by atoms with E-state index in [1.165, 1.54) is 11.3 Å². The monoisotopic (exact) mass is 296 g/mol. The molecular formula is C14H20N2O3S. The van der Waals surface area contributed by atoms with E-state index in [1.54, 1.807) is 4.90 Å². The molecule has 0 radical (unpaired) electrons. The van der Waals surface area contributed by atoms with Gasteiger partial charge in [0, 0.05) is 18.5 Å². The standard InChI is InChI=1S/C14H20N2O3S/c1-8-10(20-13(15-8)14(2,3)4)11(17)16-6-5-9(7-16)12(18)19/h9H,5-7H2,1-4H3,(H,18,19). The van der Waals surface area contributed by atoms with E-state index < -0.39 is 11.9 Å². The Morgan fingerprint density at radius 1 is 1.40 bits per heavy atom. The van der Waals surface area contributed by atoms with Gasteiger partial charge in [0.1, 0.15) is 4.88 Å². The van der Waals surface area contributed by atoms with Gasteiger partial charge in [-0.3, -0.25) is 9.59 Å². The fourth-order valence-corrected chi connectivity index (χ4v) is 3.30. The molecule has 1 unspecified atom stereocenters. The number of carbonyl (C=O) groups is 2. The zero-order valence-corrected chi connectivity index (χ0v) is 13.1. The average molecular weight is 296 g/mol. The molecule has 5 nitrogen and oxygen atoms in total. The molecule has 1 saturated heterocycles. The van der Waals surface area contributed by atoms with Gasteiger partial charge in [0.15, 0.2) is 0 Å². The number of likely N-dealkylation sites (tertiary alicyclic amines) is 1. The minimum atomic E-state index is -0.822. The van der Waals surface area contributed by atoms with Crippen LogP contribution in [0.5, 0.6) is 0 Å². The number of amides is 1. The number of hydrogen-bond acceptors (Lipinski definition) is 4. The first-order valence-corrected chi connectivity index (χ1v) is 7.52. The van der Waals surface area contributed by atoms with Crippen molar-refractivity contribution in [1.29, 1.82) is 0 Å². The fraction of sp³-hybridized carbons (Fsp3) is 0.643. The Balaban J connectivity index is 2.18. The summed E-state index contributed by atoms with van der Waals surface area (Å²) in [6.07, 6.45) is 0.533. The third kappa shape index (κ3) is 2.85. The number of aromatic nitrogens is 1. The molecule has 1 atom stereocenters. The first kappa shape index (κ1) is 15.0. The average Bonchev–Trinajstić information content (AvgIpc) is 2.93. The van der Waals surface area contributed by atoms with Crippen molar-refractivity contribution >= 4 is 23.2 Å². The number of thiazole rings is 1. The molecule has 0 spiro atoms. The molecule has 20 heavy (non-hydrogen) atoms. The van der Waals surface area contributed by atoms with Gasteiger partial charge in [-0.2, -0.15) is 0 Å². The Hall–Kier alpha value is -1.43. The van der Waals surface area contributed by atoms with Gasteiger partial charge in [0.25, 0.3) is 5.91 Å². The largest absolute Gasteiger partial charge is 0.481 e. The summed E-state index contributed by atoms with van der Waals surface area (Å²) in [5.41, 5.74) is 0.659. The second-order valence-electron chi connectivity index (χ2n) is 6.26. The van der Waals surface area contributed by atoms with Crippen molar-refractivity contribution < 1.29 is 14.7 Å². The summed E-state index contributed by atoms with van der Waals surface area (Å²) in [4.78, 5) is 30.2. The molecule has 110 valence electrons. The highest BCUT2D eigenvalue weighted by molar-refractivity contribution is 7.14. The number of rotatable bonds is 2. The van der Waals surface area contributed by atoms with Crippen molar-refractivity contribution in [2.24, 2.45) is 5.92 Å². The van der Waals surface area contributed by atoms with Gasteiger partial charge in [0.2, 0.25) is 0 Å². The molecule has 6 heteroatoms. The van der Waals surface area contributed by atoms with Crippen LogP contribution in [0.1, 0.15) is 47.6 Å². The van der Waals surface area contributed by atoms with Gasteiger partial charge < -0.3 is 10.0 Å². The van der Waals surface area contributed by atoms with Crippen LogP contribution in [-0.4, -0.2) is 40.0 Å². The minimum Gasteiger partial charge on any atom is -0.481 e. The minimum absolute atomic E-state index is 0.0808. The number of nitrogens with zero attached hydrogens (tertiary/aromatic N) is 2. The van der Waals surface area contributed by atoms with Crippen molar-refractivity contribution in [2.75, 3.05) is 13.1 Å². The van der Waals surface area contributed by atoms with Crippen molar-refractivity contribution in [3.8, 4) is 0 Å². The van der Waals surface area contributed by atoms with E-state index >= 15 is 0 Å². The van der Waals surface area contributed by atoms with Crippen molar-refractivity contribution in [3.63, 3.8) is 0 Å². The van der Waals surface area contributed by atoms with Gasteiger partial charge in [0.05, 0.1) is 16.6 Å². The van der Waals surface area contributed by atoms with Crippen LogP contribution in [0.4, 0.5) is 0 Å². The molecule has 0 bridgehead atoms. The SMILES string of the molecule is Cc1nc(C(C)(C)C)sc1C(=O)N1CCC(C(=O)O)C1. The molecule has 0 aromatic carbocycles. The van der Waals surface area contributed by atoms with Gasteiger partial charge in [-0.15, -0.1) is 11.3 Å². The maximum Gasteiger partial charge on any atom is 0.308 e. The third-order valence-electron chi connectivity index (χ3n) is 3.46. The third-order valence-corrected chi connectivity index (χ3v) is 5.03. The highest BCUT2D eigenvalue weighted by atomic mass is 32.1. The summed E-state index contributed by atoms with van der Waals surface area (Å²) >= 11 is 1.42. The zero-order chi connectivity index (χ0) is 15.1. The van der Waals surface area contributed by atoms with Crippen LogP contribution < -0.4 is 0 Å². The highest BCUT2D eigenvalue weighted by Gasteiger charge is 2.33. The summed E-state index contributed by atoms with van der Waals surface area (Å²) in [5, 5.41) is 9.94. The number of hydrogen-bond donors (Lipinski definition) is 1. The van der Waals surface area contributed by atoms with Gasteiger partial charge >= 0.3 is 5.97 Å². The number of aryl methyl sites for hydroxylation is 1. The van der Waals surface area contributed by atoms with E-state index in [4.69, 9.17) is 5.11 Å². The first-order valence-electron chi connectivity index (χ1n) is 6.70. The zero-order valence-electron chi connectivity index (χ0n) is 12.3. The van der Waals surface area contributed by atoms with E-state index in [0.29, 0.717) is 24.4 Å². The fourth-order valence-electron chi connectivity index (χ4n) is 2.21. The van der Waals surface area contributed by atoms with E-state index in [2.05, 4.69) is 25.8 Å². The quantitative estimate of drug-likeness (QED) is 0.909. The first-order chi connectivity index (χ1) is 9.20. The maximum absolute atomic E-state index is 12.5. The summed E-state index contributed by atoms with van der Waals surface area (Å²) in [7, 11) is 0. The molecule has 0 saturated carbocycles. The van der Waals surface area contributed by atoms with Crippen molar-refractivity contribution in [3.05, 3.63) is 15.6 Å². The van der Waals surface area contributed by atoms with Gasteiger partial charge in [-0.1, -0.05) is 20.8 Å². The number of carboxylic acid groups (broad SMARTS) is 1. The van der Waals surface area contributed by atoms with Crippen molar-refractivity contribution in [2.45, 2.75) is 39.5 Å². The number of carboxylic acids is 1. The highest BCUT2D eigenvalue weighted by Crippen LogP contribution is 2.31. The molecule has 1 aromatic rings. The van der Waals surface area contributed by atoms with Crippen LogP contribution in [0, 0.1) is 12.8 Å². The van der Waals surface area contributed by atoms with Gasteiger partial charge in [-0.25, -0.2) is 4.98 Å². The lowest BCUT2D eigenvalue weighted by atomic mass is 9.98. The summed E-state index contributed by atoms with van der Waals surface area (Å²) in [5.74, 6) is -1.34. The predicted octanol–water partition coefficient (Wildman–Crippen LogP) is 2.30. The molecule has 1 fully saturated rings. The maximum atomic E-state index is 12.5. The molecule has 1 amide bonds. The van der Waals surface area contributed by atoms with E-state index in [-0.39, 0.29) is 11.3 Å². The van der Waals surface area contributed by atoms with Crippen LogP contribution in [0.15, 0.2) is 0 Å². The molecule has 2 heterocycles. The van der Waals surface area contributed by atoms with E-state index in [9.17, 15) is 9.59 Å². The van der Waals surface area contributed by atoms with Crippen LogP contribution in [-0.2, 0) is 10.2 Å². The Bertz CT molecular complexity index is 545. The lowest BCUT2D eigenvalue weighted by Gasteiger charge is -2.15. The van der Waals surface area contributed by atoms with Crippen LogP contribution in [0.2, 0.25) is 0 Å². The van der Waals surface area contributed by atoms with E-state index in [1.807, 2.05) is 6.92 Å². The van der Waals surface area contributed by atoms with Crippen LogP contribution in [0.3, 0.4) is 0 Å². The molecule has 1 aromatic heterocycles. The summed E-state index contributed by atoms with van der Waals surface area (Å²) < 4.78 is 0. The van der Waals surface area contributed by atoms with E-state index in [0.717, 1.165) is 10.7 Å². The predicted molar refractivity (Wildman–Crippen MR) is 77.2 cm³/mol. The lowest BCUT2D eigenvalue weighted by Crippen LogP contribution is -2.29. The van der Waals surface area contributed by atoms with Crippen LogP contribution >= 0.6 is 11.3 Å². The van der Waals surface area contributed by atoms with Crippen molar-refractivity contribution in [1.82, 2.24) is 9.88 Å². The Labute approximate surface area is 122 Å². The smallest absolute Gasteiger partial charge is 0.308 e. The Morgan fingerprint density at radius 3 is 2.50 bits per heavy atom. The molecule has 1 N–H and O–H groups in total. The van der Waals surface area contributed by atoms with Gasteiger partial charge in [-0.05, 0) is 13.3 Å². The molecule has 2 rings (SSSR count). The van der Waals surface area contributed by atoms with Crippen LogP contribution in [0.25, 0.3) is 0 Å². The Morgan fingerprint density at radius 2 is 2.05 bits per heavy atom. The number of carbonyl (C=O) groups excluding carboxylic acids is 1. The topological polar surface area (TPSA) is 70.5 Å². The molecule has 1 aliphatic rings. The summed E-state index contributed by atoms with van der Waals surface area (Å²) in [6.45, 7) is 8.85. The second kappa shape index (κ2) is 5.16. The molecular weight excluding hydrogens is 276 g/mol. The second-order valence-corrected chi connectivity index (χ2v) is 7.26. The Kier molecular flexibility index (Phi) is 3.86.